The Morgan fingerprint density at radius 3 is 1.78 bits per heavy atom. The van der Waals surface area contributed by atoms with Gasteiger partial charge in [0.25, 0.3) is 5.56 Å². The molecule has 0 fully saturated rings. The monoisotopic (exact) mass is 278 g/mol. The second-order valence-corrected chi connectivity index (χ2v) is 3.39. The van der Waals surface area contributed by atoms with Crippen molar-refractivity contribution in [3.63, 3.8) is 0 Å². The van der Waals surface area contributed by atoms with Gasteiger partial charge in [-0.2, -0.15) is 26.3 Å². The lowest BCUT2D eigenvalue weighted by Crippen LogP contribution is -2.83. The lowest BCUT2D eigenvalue weighted by atomic mass is 9.91. The molecule has 0 aliphatic carbocycles. The molecule has 18 heavy (non-hydrogen) atoms. The average Bonchev–Trinajstić information content (AvgIpc) is 2.12. The van der Waals surface area contributed by atoms with Crippen LogP contribution in [0.1, 0.15) is 5.56 Å². The van der Waals surface area contributed by atoms with Crippen LogP contribution in [-0.2, 0) is 5.54 Å². The van der Waals surface area contributed by atoms with Crippen molar-refractivity contribution in [2.45, 2.75) is 17.9 Å². The third-order valence-electron chi connectivity index (χ3n) is 2.25. The number of nitrogens with one attached hydrogen (secondary N) is 2. The first-order valence-electron chi connectivity index (χ1n) is 4.22. The number of hydrogen-bond donors (Lipinski definition) is 3. The van der Waals surface area contributed by atoms with Crippen LogP contribution < -0.4 is 17.0 Å². The van der Waals surface area contributed by atoms with E-state index in [2.05, 4.69) is 5.73 Å². The topological polar surface area (TPSA) is 93.4 Å². The molecule has 0 amide bonds. The Kier molecular flexibility index (Phi) is 3.07. The molecule has 0 aliphatic heterocycles. The minimum Gasteiger partial charge on any atom is -0.333 e. The summed E-state index contributed by atoms with van der Waals surface area (Å²) in [4.78, 5) is 24.5. The average molecular weight is 278 g/mol. The number of aromatic amines is 2. The molecule has 0 spiro atoms. The SMILES string of the molecule is [NH3+]C(c1c[nH]c(=O)[nH]c1=O)(C(F)(F)F)C(F)(F)F. The molecule has 1 aromatic rings. The van der Waals surface area contributed by atoms with Crippen molar-refractivity contribution in [1.82, 2.24) is 9.97 Å². The maximum absolute atomic E-state index is 12.5. The second-order valence-electron chi connectivity index (χ2n) is 3.39. The van der Waals surface area contributed by atoms with Gasteiger partial charge in [-0.3, -0.25) is 9.78 Å². The van der Waals surface area contributed by atoms with E-state index in [1.807, 2.05) is 0 Å². The van der Waals surface area contributed by atoms with Crippen LogP contribution >= 0.6 is 0 Å². The van der Waals surface area contributed by atoms with Crippen molar-refractivity contribution < 1.29 is 32.1 Å². The molecular weight excluding hydrogens is 272 g/mol. The molecule has 0 unspecified atom stereocenters. The maximum atomic E-state index is 12.5. The summed E-state index contributed by atoms with van der Waals surface area (Å²) in [5.74, 6) is 0. The molecule has 5 nitrogen and oxygen atoms in total. The summed E-state index contributed by atoms with van der Waals surface area (Å²) >= 11 is 0. The zero-order chi connectivity index (χ0) is 14.4. The molecule has 0 aromatic carbocycles. The Hall–Kier alpha value is -1.78. The van der Waals surface area contributed by atoms with Crippen molar-refractivity contribution in [2.75, 3.05) is 0 Å². The number of hydrogen-bond acceptors (Lipinski definition) is 2. The van der Waals surface area contributed by atoms with Gasteiger partial charge in [0.2, 0.25) is 0 Å². The number of halogens is 6. The highest BCUT2D eigenvalue weighted by atomic mass is 19.4. The van der Waals surface area contributed by atoms with Gasteiger partial charge in [0, 0.05) is 6.20 Å². The third-order valence-corrected chi connectivity index (χ3v) is 2.25. The summed E-state index contributed by atoms with van der Waals surface area (Å²) < 4.78 is 75.2. The molecule has 0 radical (unpaired) electrons. The summed E-state index contributed by atoms with van der Waals surface area (Å²) in [7, 11) is 0. The summed E-state index contributed by atoms with van der Waals surface area (Å²) in [6.45, 7) is 0. The highest BCUT2D eigenvalue weighted by Crippen LogP contribution is 2.45. The first-order valence-corrected chi connectivity index (χ1v) is 4.22. The minimum atomic E-state index is -5.85. The van der Waals surface area contributed by atoms with E-state index >= 15 is 0 Å². The molecule has 0 saturated carbocycles. The van der Waals surface area contributed by atoms with Gasteiger partial charge < -0.3 is 10.7 Å². The summed E-state index contributed by atoms with van der Waals surface area (Å²) in [5, 5.41) is 0. The van der Waals surface area contributed by atoms with Crippen molar-refractivity contribution in [2.24, 2.45) is 0 Å². The smallest absolute Gasteiger partial charge is 0.333 e. The van der Waals surface area contributed by atoms with Crippen molar-refractivity contribution >= 4 is 0 Å². The van der Waals surface area contributed by atoms with Crippen LogP contribution in [0.5, 0.6) is 0 Å². The first-order chi connectivity index (χ1) is 7.91. The van der Waals surface area contributed by atoms with Crippen molar-refractivity contribution in [3.05, 3.63) is 32.6 Å². The van der Waals surface area contributed by atoms with Crippen LogP contribution in [-0.4, -0.2) is 22.3 Å². The molecule has 1 heterocycles. The molecular formula is C7H6F6N3O2+. The van der Waals surface area contributed by atoms with Crippen LogP contribution in [0.15, 0.2) is 15.8 Å². The first kappa shape index (κ1) is 14.3. The van der Waals surface area contributed by atoms with E-state index in [0.29, 0.717) is 0 Å². The Bertz CT molecular complexity index is 540. The molecule has 102 valence electrons. The molecule has 5 N–H and O–H groups in total. The van der Waals surface area contributed by atoms with E-state index in [1.54, 1.807) is 0 Å². The van der Waals surface area contributed by atoms with Crippen molar-refractivity contribution in [3.8, 4) is 0 Å². The lowest BCUT2D eigenvalue weighted by molar-refractivity contribution is -0.605. The van der Waals surface area contributed by atoms with E-state index in [-0.39, 0.29) is 6.20 Å². The minimum absolute atomic E-state index is 0.0507. The van der Waals surface area contributed by atoms with Gasteiger partial charge in [0.1, 0.15) is 5.56 Å². The standard InChI is InChI=1S/C7H5F6N3O2/c8-6(9,10)5(14,7(11,12)13)2-1-15-4(18)16-3(2)17/h1H,14H2,(H2,15,16,17,18)/p+1. The molecule has 0 saturated heterocycles. The second kappa shape index (κ2) is 3.86. The lowest BCUT2D eigenvalue weighted by Gasteiger charge is -2.29. The number of alkyl halides is 6. The number of aromatic nitrogens is 2. The van der Waals surface area contributed by atoms with Crippen LogP contribution in [0, 0.1) is 0 Å². The maximum Gasteiger partial charge on any atom is 0.458 e. The Balaban J connectivity index is 3.67. The number of H-pyrrole nitrogens is 2. The van der Waals surface area contributed by atoms with Crippen LogP contribution in [0.4, 0.5) is 26.3 Å². The predicted octanol–water partition coefficient (Wildman–Crippen LogP) is -0.375. The van der Waals surface area contributed by atoms with Crippen LogP contribution in [0.25, 0.3) is 0 Å². The van der Waals surface area contributed by atoms with E-state index in [4.69, 9.17) is 0 Å². The van der Waals surface area contributed by atoms with Gasteiger partial charge in [-0.1, -0.05) is 0 Å². The Labute approximate surface area is 93.6 Å². The van der Waals surface area contributed by atoms with Gasteiger partial charge in [0.05, 0.1) is 0 Å². The van der Waals surface area contributed by atoms with Crippen LogP contribution in [0.3, 0.4) is 0 Å². The van der Waals surface area contributed by atoms with Gasteiger partial charge in [0.15, 0.2) is 0 Å². The molecule has 0 bridgehead atoms. The zero-order valence-corrected chi connectivity index (χ0v) is 8.37. The molecule has 11 heteroatoms. The highest BCUT2D eigenvalue weighted by molar-refractivity contribution is 5.19. The summed E-state index contributed by atoms with van der Waals surface area (Å²) in [5.41, 5.74) is -7.30. The molecule has 0 atom stereocenters. The Morgan fingerprint density at radius 1 is 1.00 bits per heavy atom. The van der Waals surface area contributed by atoms with E-state index in [1.165, 1.54) is 9.97 Å². The molecule has 0 aliphatic rings. The molecule has 1 rings (SSSR count). The van der Waals surface area contributed by atoms with Gasteiger partial charge in [-0.15, -0.1) is 0 Å². The highest BCUT2D eigenvalue weighted by Gasteiger charge is 2.75. The fourth-order valence-electron chi connectivity index (χ4n) is 1.19. The number of quaternary nitrogens is 1. The zero-order valence-electron chi connectivity index (χ0n) is 8.37. The van der Waals surface area contributed by atoms with Gasteiger partial charge in [-0.25, -0.2) is 4.79 Å². The number of rotatable bonds is 1. The van der Waals surface area contributed by atoms with Crippen molar-refractivity contribution in [1.29, 1.82) is 0 Å². The summed E-state index contributed by atoms with van der Waals surface area (Å²) in [6, 6.07) is 0. The quantitative estimate of drug-likeness (QED) is 0.611. The van der Waals surface area contributed by atoms with E-state index < -0.39 is 34.7 Å². The fraction of sp³-hybridized carbons (Fsp3) is 0.429. The van der Waals surface area contributed by atoms with Gasteiger partial charge >= 0.3 is 23.6 Å². The predicted molar refractivity (Wildman–Crippen MR) is 44.4 cm³/mol. The largest absolute Gasteiger partial charge is 0.458 e. The fourth-order valence-corrected chi connectivity index (χ4v) is 1.19. The van der Waals surface area contributed by atoms with Gasteiger partial charge in [-0.05, 0) is 0 Å². The third kappa shape index (κ3) is 2.00. The normalized spacial score (nSPS) is 13.7. The van der Waals surface area contributed by atoms with E-state index in [9.17, 15) is 35.9 Å². The van der Waals surface area contributed by atoms with E-state index in [0.717, 1.165) is 0 Å². The molecule has 1 aromatic heterocycles. The summed E-state index contributed by atoms with van der Waals surface area (Å²) in [6.07, 6.45) is -11.7. The Morgan fingerprint density at radius 2 is 1.44 bits per heavy atom. The van der Waals surface area contributed by atoms with Crippen LogP contribution in [0.2, 0.25) is 0 Å².